The van der Waals surface area contributed by atoms with Gasteiger partial charge in [-0.1, -0.05) is 109 Å². The largest absolute Gasteiger partial charge is 0.310 e. The average molecular weight is 639 g/mol. The van der Waals surface area contributed by atoms with Crippen molar-refractivity contribution in [3.8, 4) is 0 Å². The van der Waals surface area contributed by atoms with Crippen molar-refractivity contribution >= 4 is 44.0 Å². The van der Waals surface area contributed by atoms with Crippen LogP contribution in [0.25, 0.3) is 0 Å². The zero-order chi connectivity index (χ0) is 32.3. The maximum atomic E-state index is 13.5. The van der Waals surface area contributed by atoms with Gasteiger partial charge in [-0.05, 0) is 95.1 Å². The number of sulfone groups is 1. The molecule has 0 amide bonds. The van der Waals surface area contributed by atoms with Crippen LogP contribution in [0.4, 0.5) is 34.1 Å². The van der Waals surface area contributed by atoms with E-state index >= 15 is 0 Å². The molecule has 2 heterocycles. The number of rotatable bonds is 4. The van der Waals surface area contributed by atoms with Gasteiger partial charge in [-0.3, -0.25) is 0 Å². The number of para-hydroxylation sites is 5. The van der Waals surface area contributed by atoms with Crippen LogP contribution in [-0.2, 0) is 15.3 Å². The maximum absolute atomic E-state index is 13.5. The third-order valence-electron chi connectivity index (χ3n) is 9.67. The summed E-state index contributed by atoms with van der Waals surface area (Å²) in [5.41, 5.74) is 10.5. The molecular weight excluding hydrogens is 609 g/mol. The Morgan fingerprint density at radius 3 is 1.06 bits per heavy atom. The maximum Gasteiger partial charge on any atom is 0.206 e. The van der Waals surface area contributed by atoms with Gasteiger partial charge in [-0.15, -0.1) is 0 Å². The normalized spacial score (nSPS) is 14.1. The van der Waals surface area contributed by atoms with Gasteiger partial charge in [0.1, 0.15) is 0 Å². The first kappa shape index (κ1) is 28.3. The zero-order valence-corrected chi connectivity index (χ0v) is 26.8. The van der Waals surface area contributed by atoms with Crippen LogP contribution in [-0.4, -0.2) is 8.42 Å². The second kappa shape index (κ2) is 10.8. The van der Waals surface area contributed by atoms with Crippen LogP contribution in [0.2, 0.25) is 0 Å². The third kappa shape index (κ3) is 3.98. The van der Waals surface area contributed by atoms with E-state index in [9.17, 15) is 8.42 Å². The molecule has 0 unspecified atom stereocenters. The summed E-state index contributed by atoms with van der Waals surface area (Å²) in [6, 6.07) is 61.2. The van der Waals surface area contributed by atoms with Gasteiger partial charge in [-0.2, -0.15) is 0 Å². The first-order valence-electron chi connectivity index (χ1n) is 16.0. The highest BCUT2D eigenvalue weighted by molar-refractivity contribution is 7.91. The summed E-state index contributed by atoms with van der Waals surface area (Å²) in [4.78, 5) is 5.19. The summed E-state index contributed by atoms with van der Waals surface area (Å²) in [6.45, 7) is 0. The Labute approximate surface area is 280 Å². The fourth-order valence-electron chi connectivity index (χ4n) is 7.72. The second-order valence-electron chi connectivity index (χ2n) is 12.1. The van der Waals surface area contributed by atoms with Crippen LogP contribution >= 0.6 is 0 Å². The van der Waals surface area contributed by atoms with Crippen molar-refractivity contribution in [1.82, 2.24) is 0 Å². The molecule has 0 saturated carbocycles. The van der Waals surface area contributed by atoms with Crippen molar-refractivity contribution in [3.63, 3.8) is 0 Å². The lowest BCUT2D eigenvalue weighted by Crippen LogP contribution is -2.41. The molecule has 0 atom stereocenters. The van der Waals surface area contributed by atoms with Gasteiger partial charge >= 0.3 is 0 Å². The van der Waals surface area contributed by atoms with Gasteiger partial charge in [0.25, 0.3) is 0 Å². The third-order valence-corrected chi connectivity index (χ3v) is 11.5. The fourth-order valence-corrected chi connectivity index (χ4v) is 9.00. The summed E-state index contributed by atoms with van der Waals surface area (Å²) in [5.74, 6) is 0. The van der Waals surface area contributed by atoms with Gasteiger partial charge in [0.15, 0.2) is 0 Å². The number of benzene rings is 7. The van der Waals surface area contributed by atoms with Crippen LogP contribution in [0.1, 0.15) is 22.3 Å². The average Bonchev–Trinajstić information content (AvgIpc) is 3.15. The van der Waals surface area contributed by atoms with E-state index < -0.39 is 15.3 Å². The molecule has 5 heteroatoms. The molecule has 1 spiro atoms. The summed E-state index contributed by atoms with van der Waals surface area (Å²) < 4.78 is 26.9. The van der Waals surface area contributed by atoms with Crippen molar-refractivity contribution < 1.29 is 8.42 Å². The first-order valence-corrected chi connectivity index (χ1v) is 17.5. The van der Waals surface area contributed by atoms with Crippen LogP contribution < -0.4 is 9.80 Å². The van der Waals surface area contributed by atoms with E-state index in [1.54, 1.807) is 36.4 Å². The van der Waals surface area contributed by atoms with Gasteiger partial charge in [0.05, 0.1) is 38.0 Å². The number of hydrogen-bond acceptors (Lipinski definition) is 4. The summed E-state index contributed by atoms with van der Waals surface area (Å²) in [6.07, 6.45) is 0. The Hall–Kier alpha value is -5.91. The number of fused-ring (bicyclic) bond motifs is 8. The zero-order valence-electron chi connectivity index (χ0n) is 25.9. The Bertz CT molecular complexity index is 2330. The topological polar surface area (TPSA) is 40.6 Å². The van der Waals surface area contributed by atoms with Crippen molar-refractivity contribution in [3.05, 3.63) is 204 Å². The molecule has 0 aromatic heterocycles. The van der Waals surface area contributed by atoms with Gasteiger partial charge < -0.3 is 9.80 Å². The molecule has 0 N–H and O–H groups in total. The van der Waals surface area contributed by atoms with Crippen LogP contribution in [0.15, 0.2) is 192 Å². The minimum absolute atomic E-state index is 0.267. The highest BCUT2D eigenvalue weighted by Gasteiger charge is 2.51. The van der Waals surface area contributed by atoms with Crippen molar-refractivity contribution in [2.24, 2.45) is 0 Å². The van der Waals surface area contributed by atoms with Crippen molar-refractivity contribution in [2.75, 3.05) is 9.80 Å². The number of hydrogen-bond donors (Lipinski definition) is 0. The lowest BCUT2D eigenvalue weighted by Gasteiger charge is -2.51. The second-order valence-corrected chi connectivity index (χ2v) is 14.1. The van der Waals surface area contributed by atoms with E-state index in [0.717, 1.165) is 45.3 Å². The lowest BCUT2D eigenvalue weighted by molar-refractivity contribution is 0.596. The highest BCUT2D eigenvalue weighted by atomic mass is 32.2. The molecule has 48 heavy (non-hydrogen) atoms. The Morgan fingerprint density at radius 1 is 0.333 bits per heavy atom. The van der Waals surface area contributed by atoms with E-state index in [2.05, 4.69) is 137 Å². The molecule has 2 aliphatic rings. The van der Waals surface area contributed by atoms with Gasteiger partial charge in [-0.25, -0.2) is 8.42 Å². The van der Waals surface area contributed by atoms with Crippen LogP contribution in [0.5, 0.6) is 0 Å². The molecule has 9 rings (SSSR count). The van der Waals surface area contributed by atoms with E-state index in [0.29, 0.717) is 0 Å². The highest BCUT2D eigenvalue weighted by Crippen LogP contribution is 2.63. The van der Waals surface area contributed by atoms with Crippen LogP contribution in [0, 0.1) is 0 Å². The molecule has 7 aromatic carbocycles. The Morgan fingerprint density at radius 2 is 0.646 bits per heavy atom. The fraction of sp³-hybridized carbons (Fsp3) is 0.0233. The van der Waals surface area contributed by atoms with Gasteiger partial charge in [0.2, 0.25) is 9.84 Å². The molecule has 7 aromatic rings. The van der Waals surface area contributed by atoms with Crippen LogP contribution in [0.3, 0.4) is 0 Å². The standard InChI is InChI=1S/C43H30N2O2S/c46-48(47,33-17-5-2-6-18-33)34-29-27-32(28-30-34)45-41-25-13-9-21-37(41)43(38-22-10-14-26-42(38)45)35-19-7-11-23-39(35)44(31-15-3-1-4-16-31)40-24-12-8-20-36(40)43/h1-30H. The summed E-state index contributed by atoms with van der Waals surface area (Å²) in [7, 11) is -3.65. The number of nitrogens with zero attached hydrogens (tertiary/aromatic N) is 2. The molecule has 0 bridgehead atoms. The lowest BCUT2D eigenvalue weighted by atomic mass is 9.60. The van der Waals surface area contributed by atoms with E-state index in [-0.39, 0.29) is 9.79 Å². The Balaban J connectivity index is 1.29. The molecule has 0 radical (unpaired) electrons. The molecule has 230 valence electrons. The van der Waals surface area contributed by atoms with Crippen molar-refractivity contribution in [1.29, 1.82) is 0 Å². The molecule has 0 aliphatic carbocycles. The van der Waals surface area contributed by atoms with Gasteiger partial charge in [0, 0.05) is 11.4 Å². The van der Waals surface area contributed by atoms with E-state index in [1.165, 1.54) is 11.1 Å². The van der Waals surface area contributed by atoms with E-state index in [4.69, 9.17) is 0 Å². The SMILES string of the molecule is O=S(=O)(c1ccccc1)c1ccc(N2c3ccccc3C3(c4ccccc4N(c4ccccc4)c4ccccc43)c3ccccc32)cc1. The summed E-state index contributed by atoms with van der Waals surface area (Å²) in [5, 5.41) is 0. The molecule has 2 aliphatic heterocycles. The number of anilines is 6. The molecule has 0 fully saturated rings. The molecule has 4 nitrogen and oxygen atoms in total. The quantitative estimate of drug-likeness (QED) is 0.192. The molecular formula is C43H30N2O2S. The van der Waals surface area contributed by atoms with Crippen molar-refractivity contribution in [2.45, 2.75) is 15.2 Å². The molecule has 0 saturated heterocycles. The van der Waals surface area contributed by atoms with E-state index in [1.807, 2.05) is 18.2 Å². The Kier molecular flexibility index (Phi) is 6.39. The summed E-state index contributed by atoms with van der Waals surface area (Å²) >= 11 is 0. The predicted molar refractivity (Wildman–Crippen MR) is 193 cm³/mol. The first-order chi connectivity index (χ1) is 23.6. The minimum atomic E-state index is -3.65. The monoisotopic (exact) mass is 638 g/mol. The predicted octanol–water partition coefficient (Wildman–Crippen LogP) is 10.5. The smallest absolute Gasteiger partial charge is 0.206 e. The minimum Gasteiger partial charge on any atom is -0.310 e.